The van der Waals surface area contributed by atoms with Gasteiger partial charge in [-0.2, -0.15) is 4.98 Å². The molecule has 0 radical (unpaired) electrons. The average Bonchev–Trinajstić information content (AvgIpc) is 2.77. The van der Waals surface area contributed by atoms with Crippen LogP contribution in [0.25, 0.3) is 0 Å². The maximum atomic E-state index is 10.4. The predicted molar refractivity (Wildman–Crippen MR) is 58.3 cm³/mol. The van der Waals surface area contributed by atoms with E-state index in [0.717, 1.165) is 19.5 Å². The summed E-state index contributed by atoms with van der Waals surface area (Å²) in [5.74, 6) is 0.723. The van der Waals surface area contributed by atoms with Crippen molar-refractivity contribution in [3.05, 3.63) is 11.7 Å². The molecule has 1 aromatic heterocycles. The molecule has 2 heterocycles. The van der Waals surface area contributed by atoms with E-state index in [1.54, 1.807) is 0 Å². The first-order valence-corrected chi connectivity index (χ1v) is 5.85. The topological polar surface area (TPSA) is 59.2 Å². The first-order valence-electron chi connectivity index (χ1n) is 5.85. The Morgan fingerprint density at radius 1 is 1.56 bits per heavy atom. The molecule has 0 aromatic carbocycles. The molecule has 1 aromatic rings. The molecule has 5 nitrogen and oxygen atoms in total. The highest BCUT2D eigenvalue weighted by Gasteiger charge is 2.23. The zero-order valence-electron chi connectivity index (χ0n) is 9.56. The molecule has 0 aliphatic carbocycles. The lowest BCUT2D eigenvalue weighted by molar-refractivity contribution is 0.111. The van der Waals surface area contributed by atoms with Gasteiger partial charge in [-0.1, -0.05) is 18.5 Å². The van der Waals surface area contributed by atoms with E-state index in [1.165, 1.54) is 19.3 Å². The lowest BCUT2D eigenvalue weighted by Crippen LogP contribution is -2.40. The molecule has 1 unspecified atom stereocenters. The molecular weight excluding hydrogens is 206 g/mol. The van der Waals surface area contributed by atoms with Gasteiger partial charge in [0.2, 0.25) is 11.7 Å². The minimum absolute atomic E-state index is 0.147. The third-order valence-electron chi connectivity index (χ3n) is 3.15. The van der Waals surface area contributed by atoms with Gasteiger partial charge in [-0.25, -0.2) is 0 Å². The number of likely N-dealkylation sites (N-methyl/N-ethyl adjacent to an activating group) is 1. The number of piperidine rings is 1. The molecule has 1 fully saturated rings. The Bertz CT molecular complexity index is 351. The molecule has 0 bridgehead atoms. The van der Waals surface area contributed by atoms with Gasteiger partial charge in [0.25, 0.3) is 0 Å². The molecule has 1 saturated heterocycles. The molecule has 0 saturated carbocycles. The predicted octanol–water partition coefficient (Wildman–Crippen LogP) is 1.30. The van der Waals surface area contributed by atoms with Crippen LogP contribution in [0.3, 0.4) is 0 Å². The van der Waals surface area contributed by atoms with Crippen molar-refractivity contribution in [1.29, 1.82) is 0 Å². The number of rotatable bonds is 4. The van der Waals surface area contributed by atoms with E-state index in [-0.39, 0.29) is 5.82 Å². The normalized spacial score (nSPS) is 22.2. The quantitative estimate of drug-likeness (QED) is 0.720. The fourth-order valence-corrected chi connectivity index (χ4v) is 2.31. The van der Waals surface area contributed by atoms with Crippen LogP contribution in [-0.2, 0) is 6.42 Å². The number of aromatic nitrogens is 2. The minimum atomic E-state index is 0.147. The fraction of sp³-hybridized carbons (Fsp3) is 0.727. The number of nitrogens with zero attached hydrogens (tertiary/aromatic N) is 3. The van der Waals surface area contributed by atoms with Crippen LogP contribution in [0, 0.1) is 0 Å². The van der Waals surface area contributed by atoms with Gasteiger partial charge in [0, 0.05) is 12.5 Å². The summed E-state index contributed by atoms with van der Waals surface area (Å²) in [5.41, 5.74) is 0. The molecule has 1 aliphatic heterocycles. The summed E-state index contributed by atoms with van der Waals surface area (Å²) in [5, 5.41) is 3.58. The Labute approximate surface area is 94.8 Å². The Kier molecular flexibility index (Phi) is 3.66. The smallest absolute Gasteiger partial charge is 0.235 e. The first kappa shape index (κ1) is 11.3. The summed E-state index contributed by atoms with van der Waals surface area (Å²) < 4.78 is 5.03. The largest absolute Gasteiger partial charge is 0.339 e. The minimum Gasteiger partial charge on any atom is -0.339 e. The van der Waals surface area contributed by atoms with Crippen LogP contribution in [0.2, 0.25) is 0 Å². The van der Waals surface area contributed by atoms with Crippen molar-refractivity contribution in [3.63, 3.8) is 0 Å². The highest BCUT2D eigenvalue weighted by Crippen LogP contribution is 2.19. The van der Waals surface area contributed by atoms with E-state index >= 15 is 0 Å². The van der Waals surface area contributed by atoms with Crippen LogP contribution in [0.5, 0.6) is 0 Å². The lowest BCUT2D eigenvalue weighted by Gasteiger charge is -2.33. The highest BCUT2D eigenvalue weighted by atomic mass is 16.5. The summed E-state index contributed by atoms with van der Waals surface area (Å²) in [6.07, 6.45) is 5.08. The van der Waals surface area contributed by atoms with Crippen molar-refractivity contribution in [2.45, 2.75) is 38.6 Å². The van der Waals surface area contributed by atoms with E-state index in [1.807, 2.05) is 0 Å². The number of carbonyl (C=O) groups is 1. The van der Waals surface area contributed by atoms with Crippen LogP contribution in [0.15, 0.2) is 4.52 Å². The van der Waals surface area contributed by atoms with Crippen molar-refractivity contribution in [2.24, 2.45) is 0 Å². The molecule has 0 spiro atoms. The third-order valence-corrected chi connectivity index (χ3v) is 3.15. The number of carbonyl (C=O) groups excluding carboxylic acids is 1. The Hall–Kier alpha value is -1.23. The summed E-state index contributed by atoms with van der Waals surface area (Å²) in [4.78, 5) is 16.9. The zero-order chi connectivity index (χ0) is 11.4. The third kappa shape index (κ3) is 2.47. The molecule has 1 aliphatic rings. The number of likely N-dealkylation sites (tertiary alicyclic amines) is 1. The molecule has 16 heavy (non-hydrogen) atoms. The van der Waals surface area contributed by atoms with Crippen molar-refractivity contribution in [3.8, 4) is 0 Å². The van der Waals surface area contributed by atoms with E-state index in [2.05, 4.69) is 22.0 Å². The second-order valence-electron chi connectivity index (χ2n) is 4.15. The Morgan fingerprint density at radius 3 is 3.12 bits per heavy atom. The molecular formula is C11H17N3O2. The summed E-state index contributed by atoms with van der Waals surface area (Å²) >= 11 is 0. The maximum absolute atomic E-state index is 10.4. The van der Waals surface area contributed by atoms with E-state index in [4.69, 9.17) is 4.52 Å². The van der Waals surface area contributed by atoms with Gasteiger partial charge in [-0.3, -0.25) is 4.79 Å². The van der Waals surface area contributed by atoms with E-state index in [9.17, 15) is 4.79 Å². The van der Waals surface area contributed by atoms with Crippen molar-refractivity contribution < 1.29 is 9.32 Å². The number of hydrogen-bond donors (Lipinski definition) is 0. The monoisotopic (exact) mass is 223 g/mol. The van der Waals surface area contributed by atoms with Gasteiger partial charge < -0.3 is 9.42 Å². The highest BCUT2D eigenvalue weighted by molar-refractivity contribution is 5.68. The molecule has 5 heteroatoms. The summed E-state index contributed by atoms with van der Waals surface area (Å²) in [6.45, 7) is 4.37. The molecule has 0 amide bonds. The van der Waals surface area contributed by atoms with Gasteiger partial charge >= 0.3 is 0 Å². The van der Waals surface area contributed by atoms with Crippen LogP contribution in [0.1, 0.15) is 42.7 Å². The van der Waals surface area contributed by atoms with Crippen LogP contribution >= 0.6 is 0 Å². The SMILES string of the molecule is CCN1CCCCC1Cc1nc(C=O)no1. The zero-order valence-corrected chi connectivity index (χ0v) is 9.56. The maximum Gasteiger partial charge on any atom is 0.235 e. The molecule has 88 valence electrons. The second-order valence-corrected chi connectivity index (χ2v) is 4.15. The van der Waals surface area contributed by atoms with E-state index in [0.29, 0.717) is 18.2 Å². The van der Waals surface area contributed by atoms with Crippen LogP contribution in [-0.4, -0.2) is 40.5 Å². The van der Waals surface area contributed by atoms with Crippen molar-refractivity contribution in [2.75, 3.05) is 13.1 Å². The summed E-state index contributed by atoms with van der Waals surface area (Å²) in [6, 6.07) is 0.485. The van der Waals surface area contributed by atoms with Crippen LogP contribution < -0.4 is 0 Å². The summed E-state index contributed by atoms with van der Waals surface area (Å²) in [7, 11) is 0. The average molecular weight is 223 g/mol. The van der Waals surface area contributed by atoms with Gasteiger partial charge in [0.1, 0.15) is 0 Å². The van der Waals surface area contributed by atoms with Gasteiger partial charge in [0.05, 0.1) is 0 Å². The van der Waals surface area contributed by atoms with Gasteiger partial charge in [-0.05, 0) is 25.9 Å². The molecule has 1 atom stereocenters. The number of aldehydes is 1. The Balaban J connectivity index is 1.98. The Morgan fingerprint density at radius 2 is 2.44 bits per heavy atom. The number of hydrogen-bond acceptors (Lipinski definition) is 5. The fourth-order valence-electron chi connectivity index (χ4n) is 2.31. The second kappa shape index (κ2) is 5.21. The van der Waals surface area contributed by atoms with Crippen molar-refractivity contribution >= 4 is 6.29 Å². The van der Waals surface area contributed by atoms with Crippen molar-refractivity contribution in [1.82, 2.24) is 15.0 Å². The van der Waals surface area contributed by atoms with Crippen LogP contribution in [0.4, 0.5) is 0 Å². The van der Waals surface area contributed by atoms with Gasteiger partial charge in [0.15, 0.2) is 6.29 Å². The first-order chi connectivity index (χ1) is 7.83. The molecule has 2 rings (SSSR count). The standard InChI is InChI=1S/C11H17N3O2/c1-2-14-6-4-3-5-9(14)7-11-12-10(8-15)13-16-11/h8-9H,2-7H2,1H3. The molecule has 0 N–H and O–H groups in total. The lowest BCUT2D eigenvalue weighted by atomic mass is 9.99. The van der Waals surface area contributed by atoms with E-state index < -0.39 is 0 Å². The van der Waals surface area contributed by atoms with Gasteiger partial charge in [-0.15, -0.1) is 0 Å².